The SMILES string of the molecule is CCOC(=O)C=Cc1cccc(C(=O)OC)n1. The molecular formula is C12H13NO4. The van der Waals surface area contributed by atoms with Gasteiger partial charge in [0.1, 0.15) is 5.69 Å². The van der Waals surface area contributed by atoms with Crippen molar-refractivity contribution in [3.05, 3.63) is 35.7 Å². The Morgan fingerprint density at radius 2 is 2.18 bits per heavy atom. The van der Waals surface area contributed by atoms with Crippen LogP contribution in [0.3, 0.4) is 0 Å². The second-order valence-electron chi connectivity index (χ2n) is 3.02. The minimum atomic E-state index is -0.517. The molecule has 0 saturated heterocycles. The molecule has 1 rings (SSSR count). The van der Waals surface area contributed by atoms with Crippen LogP contribution in [-0.4, -0.2) is 30.6 Å². The highest BCUT2D eigenvalue weighted by Crippen LogP contribution is 2.03. The van der Waals surface area contributed by atoms with Crippen molar-refractivity contribution < 1.29 is 19.1 Å². The van der Waals surface area contributed by atoms with Crippen LogP contribution >= 0.6 is 0 Å². The Labute approximate surface area is 99.1 Å². The van der Waals surface area contributed by atoms with Gasteiger partial charge in [-0.25, -0.2) is 14.6 Å². The molecule has 1 heterocycles. The van der Waals surface area contributed by atoms with E-state index in [1.54, 1.807) is 19.1 Å². The van der Waals surface area contributed by atoms with Crippen molar-refractivity contribution in [2.75, 3.05) is 13.7 Å². The molecule has 0 aliphatic carbocycles. The smallest absolute Gasteiger partial charge is 0.356 e. The van der Waals surface area contributed by atoms with Gasteiger partial charge < -0.3 is 9.47 Å². The maximum absolute atomic E-state index is 11.2. The molecule has 0 aromatic carbocycles. The summed E-state index contributed by atoms with van der Waals surface area (Å²) in [7, 11) is 1.28. The summed E-state index contributed by atoms with van der Waals surface area (Å²) in [6, 6.07) is 4.86. The number of hydrogen-bond acceptors (Lipinski definition) is 5. The predicted molar refractivity (Wildman–Crippen MR) is 61.2 cm³/mol. The summed E-state index contributed by atoms with van der Waals surface area (Å²) in [6.07, 6.45) is 2.73. The summed E-state index contributed by atoms with van der Waals surface area (Å²) in [4.78, 5) is 26.3. The number of pyridine rings is 1. The van der Waals surface area contributed by atoms with Crippen molar-refractivity contribution in [1.82, 2.24) is 4.98 Å². The second-order valence-corrected chi connectivity index (χ2v) is 3.02. The lowest BCUT2D eigenvalue weighted by Gasteiger charge is -1.99. The zero-order chi connectivity index (χ0) is 12.7. The van der Waals surface area contributed by atoms with Crippen molar-refractivity contribution in [2.45, 2.75) is 6.92 Å². The minimum absolute atomic E-state index is 0.193. The Bertz CT molecular complexity index is 440. The second kappa shape index (κ2) is 6.42. The van der Waals surface area contributed by atoms with Gasteiger partial charge in [-0.05, 0) is 25.1 Å². The van der Waals surface area contributed by atoms with Gasteiger partial charge in [0.05, 0.1) is 19.4 Å². The van der Waals surface area contributed by atoms with Gasteiger partial charge in [-0.15, -0.1) is 0 Å². The first kappa shape index (κ1) is 12.9. The zero-order valence-corrected chi connectivity index (χ0v) is 9.67. The van der Waals surface area contributed by atoms with E-state index in [-0.39, 0.29) is 5.69 Å². The van der Waals surface area contributed by atoms with Crippen LogP contribution in [0.4, 0.5) is 0 Å². The number of carbonyl (C=O) groups is 2. The van der Waals surface area contributed by atoms with Crippen LogP contribution in [0.2, 0.25) is 0 Å². The summed E-state index contributed by atoms with van der Waals surface area (Å²) in [5.41, 5.74) is 0.680. The van der Waals surface area contributed by atoms with Gasteiger partial charge in [-0.3, -0.25) is 0 Å². The minimum Gasteiger partial charge on any atom is -0.464 e. The molecule has 0 saturated carbocycles. The van der Waals surface area contributed by atoms with Crippen LogP contribution in [0.25, 0.3) is 6.08 Å². The van der Waals surface area contributed by atoms with E-state index in [1.807, 2.05) is 0 Å². The maximum Gasteiger partial charge on any atom is 0.356 e. The third kappa shape index (κ3) is 4.06. The van der Waals surface area contributed by atoms with E-state index in [0.717, 1.165) is 0 Å². The fraction of sp³-hybridized carbons (Fsp3) is 0.250. The van der Waals surface area contributed by atoms with Crippen molar-refractivity contribution in [3.63, 3.8) is 0 Å². The molecule has 0 radical (unpaired) electrons. The zero-order valence-electron chi connectivity index (χ0n) is 9.67. The highest BCUT2D eigenvalue weighted by atomic mass is 16.5. The number of aromatic nitrogens is 1. The number of nitrogens with zero attached hydrogens (tertiary/aromatic N) is 1. The first-order chi connectivity index (χ1) is 8.17. The van der Waals surface area contributed by atoms with Crippen molar-refractivity contribution in [3.8, 4) is 0 Å². The summed E-state index contributed by atoms with van der Waals surface area (Å²) < 4.78 is 9.26. The molecule has 0 N–H and O–H groups in total. The highest BCUT2D eigenvalue weighted by molar-refractivity contribution is 5.88. The van der Waals surface area contributed by atoms with Crippen molar-refractivity contribution in [2.24, 2.45) is 0 Å². The molecule has 0 aliphatic heterocycles. The van der Waals surface area contributed by atoms with Gasteiger partial charge in [0.25, 0.3) is 0 Å². The Morgan fingerprint density at radius 3 is 2.82 bits per heavy atom. The van der Waals surface area contributed by atoms with E-state index >= 15 is 0 Å². The maximum atomic E-state index is 11.2. The first-order valence-electron chi connectivity index (χ1n) is 5.07. The predicted octanol–water partition coefficient (Wildman–Crippen LogP) is 1.44. The summed E-state index contributed by atoms with van der Waals surface area (Å²) in [5.74, 6) is -0.964. The number of methoxy groups -OCH3 is 1. The molecule has 5 nitrogen and oxygen atoms in total. The van der Waals surface area contributed by atoms with Gasteiger partial charge in [0.2, 0.25) is 0 Å². The molecule has 0 atom stereocenters. The Balaban J connectivity index is 2.78. The lowest BCUT2D eigenvalue weighted by molar-refractivity contribution is -0.137. The Kier molecular flexibility index (Phi) is 4.87. The monoisotopic (exact) mass is 235 g/mol. The molecular weight excluding hydrogens is 222 g/mol. The third-order valence-corrected chi connectivity index (χ3v) is 1.84. The van der Waals surface area contributed by atoms with Crippen LogP contribution in [0, 0.1) is 0 Å². The molecule has 0 fully saturated rings. The molecule has 0 aliphatic rings. The van der Waals surface area contributed by atoms with Gasteiger partial charge in [-0.2, -0.15) is 0 Å². The molecule has 0 bridgehead atoms. The molecule has 0 unspecified atom stereocenters. The van der Waals surface area contributed by atoms with Crippen molar-refractivity contribution in [1.29, 1.82) is 0 Å². The quantitative estimate of drug-likeness (QED) is 0.583. The largest absolute Gasteiger partial charge is 0.464 e. The van der Waals surface area contributed by atoms with E-state index in [2.05, 4.69) is 9.72 Å². The van der Waals surface area contributed by atoms with Gasteiger partial charge in [0, 0.05) is 6.08 Å². The topological polar surface area (TPSA) is 65.5 Å². The van der Waals surface area contributed by atoms with Gasteiger partial charge >= 0.3 is 11.9 Å². The molecule has 90 valence electrons. The number of hydrogen-bond donors (Lipinski definition) is 0. The van der Waals surface area contributed by atoms with E-state index in [4.69, 9.17) is 4.74 Å². The molecule has 1 aromatic rings. The average molecular weight is 235 g/mol. The Hall–Kier alpha value is -2.17. The first-order valence-corrected chi connectivity index (χ1v) is 5.07. The number of ether oxygens (including phenoxy) is 2. The molecule has 5 heteroatoms. The number of rotatable bonds is 4. The highest BCUT2D eigenvalue weighted by Gasteiger charge is 2.06. The van der Waals surface area contributed by atoms with Crippen LogP contribution in [0.5, 0.6) is 0 Å². The van der Waals surface area contributed by atoms with E-state index in [9.17, 15) is 9.59 Å². The van der Waals surface area contributed by atoms with E-state index < -0.39 is 11.9 Å². The lowest BCUT2D eigenvalue weighted by atomic mass is 10.3. The standard InChI is InChI=1S/C12H13NO4/c1-3-17-11(14)8-7-9-5-4-6-10(13-9)12(15)16-2/h4-8H,3H2,1-2H3. The third-order valence-electron chi connectivity index (χ3n) is 1.84. The molecule has 0 spiro atoms. The van der Waals surface area contributed by atoms with Crippen molar-refractivity contribution >= 4 is 18.0 Å². The van der Waals surface area contributed by atoms with Crippen LogP contribution in [0.1, 0.15) is 23.1 Å². The molecule has 0 amide bonds. The molecule has 17 heavy (non-hydrogen) atoms. The Morgan fingerprint density at radius 1 is 1.41 bits per heavy atom. The summed E-state index contributed by atoms with van der Waals surface area (Å²) >= 11 is 0. The molecule has 1 aromatic heterocycles. The fourth-order valence-electron chi connectivity index (χ4n) is 1.11. The van der Waals surface area contributed by atoms with Crippen LogP contribution < -0.4 is 0 Å². The van der Waals surface area contributed by atoms with Crippen LogP contribution in [-0.2, 0) is 14.3 Å². The van der Waals surface area contributed by atoms with Gasteiger partial charge in [0.15, 0.2) is 0 Å². The summed E-state index contributed by atoms with van der Waals surface area (Å²) in [5, 5.41) is 0. The summed E-state index contributed by atoms with van der Waals surface area (Å²) in [6.45, 7) is 2.04. The van der Waals surface area contributed by atoms with E-state index in [0.29, 0.717) is 12.3 Å². The number of carbonyl (C=O) groups excluding carboxylic acids is 2. The lowest BCUT2D eigenvalue weighted by Crippen LogP contribution is -2.04. The van der Waals surface area contributed by atoms with Gasteiger partial charge in [-0.1, -0.05) is 6.07 Å². The van der Waals surface area contributed by atoms with Crippen LogP contribution in [0.15, 0.2) is 24.3 Å². The average Bonchev–Trinajstić information content (AvgIpc) is 2.36. The number of esters is 2. The fourth-order valence-corrected chi connectivity index (χ4v) is 1.11. The van der Waals surface area contributed by atoms with E-state index in [1.165, 1.54) is 25.3 Å². The normalized spacial score (nSPS) is 10.2.